The van der Waals surface area contributed by atoms with E-state index in [0.29, 0.717) is 13.2 Å². The molecule has 0 atom stereocenters. The normalized spacial score (nSPS) is 12.2. The first kappa shape index (κ1) is 20.4. The lowest BCUT2D eigenvalue weighted by Crippen LogP contribution is -2.15. The Labute approximate surface area is 159 Å². The second-order valence-corrected chi connectivity index (χ2v) is 8.73. The van der Waals surface area contributed by atoms with Crippen LogP contribution >= 0.6 is 0 Å². The van der Waals surface area contributed by atoms with Crippen molar-refractivity contribution < 1.29 is 9.47 Å². The lowest BCUT2D eigenvalue weighted by molar-refractivity contribution is 0.326. The third-order valence-corrected chi connectivity index (χ3v) is 4.51. The standard InChI is InChI=1S/C24H34O2/c1-9-25-21-17(13-11-15-19(21)23(3,4)5)18-14-12-16-20(24(6,7)8)22(18)26-10-2/h11-16H,9-10H2,1-8H3. The molecule has 2 nitrogen and oxygen atoms in total. The highest BCUT2D eigenvalue weighted by Gasteiger charge is 2.26. The molecule has 0 aliphatic rings. The molecule has 0 aromatic heterocycles. The fraction of sp³-hybridized carbons (Fsp3) is 0.500. The molecule has 0 amide bonds. The van der Waals surface area contributed by atoms with Crippen LogP contribution in [0.5, 0.6) is 11.5 Å². The van der Waals surface area contributed by atoms with Crippen molar-refractivity contribution in [3.05, 3.63) is 47.5 Å². The van der Waals surface area contributed by atoms with E-state index < -0.39 is 0 Å². The summed E-state index contributed by atoms with van der Waals surface area (Å²) in [5.41, 5.74) is 4.67. The van der Waals surface area contributed by atoms with Gasteiger partial charge in [-0.05, 0) is 24.7 Å². The van der Waals surface area contributed by atoms with E-state index in [1.807, 2.05) is 13.8 Å². The van der Waals surface area contributed by atoms with Crippen molar-refractivity contribution >= 4 is 0 Å². The Hall–Kier alpha value is -1.96. The molecule has 0 saturated carbocycles. The molecule has 2 aromatic rings. The van der Waals surface area contributed by atoms with Crippen LogP contribution in [0.25, 0.3) is 11.1 Å². The van der Waals surface area contributed by atoms with Crippen molar-refractivity contribution in [1.29, 1.82) is 0 Å². The lowest BCUT2D eigenvalue weighted by atomic mass is 9.82. The van der Waals surface area contributed by atoms with Crippen molar-refractivity contribution in [3.63, 3.8) is 0 Å². The Morgan fingerprint density at radius 1 is 0.615 bits per heavy atom. The zero-order chi connectivity index (χ0) is 19.5. The Morgan fingerprint density at radius 3 is 1.23 bits per heavy atom. The van der Waals surface area contributed by atoms with Crippen LogP contribution in [0, 0.1) is 0 Å². The molecule has 0 spiro atoms. The SMILES string of the molecule is CCOc1c(-c2cccc(C(C)(C)C)c2OCC)cccc1C(C)(C)C. The lowest BCUT2D eigenvalue weighted by Gasteiger charge is -2.27. The van der Waals surface area contributed by atoms with Gasteiger partial charge in [0.1, 0.15) is 11.5 Å². The monoisotopic (exact) mass is 354 g/mol. The van der Waals surface area contributed by atoms with E-state index in [1.54, 1.807) is 0 Å². The van der Waals surface area contributed by atoms with Crippen molar-refractivity contribution in [1.82, 2.24) is 0 Å². The minimum atomic E-state index is 0.00786. The number of para-hydroxylation sites is 2. The highest BCUT2D eigenvalue weighted by molar-refractivity contribution is 5.79. The zero-order valence-corrected chi connectivity index (χ0v) is 17.7. The molecule has 2 aromatic carbocycles. The first-order chi connectivity index (χ1) is 12.1. The predicted molar refractivity (Wildman–Crippen MR) is 112 cm³/mol. The molecule has 2 heteroatoms. The van der Waals surface area contributed by atoms with Gasteiger partial charge < -0.3 is 9.47 Å². The van der Waals surface area contributed by atoms with Crippen LogP contribution in [-0.2, 0) is 10.8 Å². The van der Waals surface area contributed by atoms with Crippen LogP contribution in [-0.4, -0.2) is 13.2 Å². The third-order valence-electron chi connectivity index (χ3n) is 4.51. The van der Waals surface area contributed by atoms with Crippen LogP contribution < -0.4 is 9.47 Å². The minimum Gasteiger partial charge on any atom is -0.493 e. The van der Waals surface area contributed by atoms with Gasteiger partial charge in [0.05, 0.1) is 13.2 Å². The van der Waals surface area contributed by atoms with Gasteiger partial charge in [-0.1, -0.05) is 77.9 Å². The Morgan fingerprint density at radius 2 is 0.962 bits per heavy atom. The molecule has 0 bridgehead atoms. The van der Waals surface area contributed by atoms with Crippen molar-refractivity contribution in [2.45, 2.75) is 66.2 Å². The average molecular weight is 355 g/mol. The number of hydrogen-bond acceptors (Lipinski definition) is 2. The van der Waals surface area contributed by atoms with E-state index in [4.69, 9.17) is 9.47 Å². The Balaban J connectivity index is 2.80. The molecular formula is C24H34O2. The van der Waals surface area contributed by atoms with Crippen molar-refractivity contribution in [3.8, 4) is 22.6 Å². The number of ether oxygens (including phenoxy) is 2. The topological polar surface area (TPSA) is 18.5 Å². The van der Waals surface area contributed by atoms with Gasteiger partial charge >= 0.3 is 0 Å². The molecule has 0 N–H and O–H groups in total. The highest BCUT2D eigenvalue weighted by atomic mass is 16.5. The molecule has 0 unspecified atom stereocenters. The van der Waals surface area contributed by atoms with Gasteiger partial charge in [0, 0.05) is 22.3 Å². The maximum absolute atomic E-state index is 6.15. The number of rotatable bonds is 5. The largest absolute Gasteiger partial charge is 0.493 e. The third kappa shape index (κ3) is 4.23. The first-order valence-electron chi connectivity index (χ1n) is 9.64. The molecule has 2 rings (SSSR count). The van der Waals surface area contributed by atoms with E-state index in [1.165, 1.54) is 11.1 Å². The summed E-state index contributed by atoms with van der Waals surface area (Å²) < 4.78 is 12.3. The summed E-state index contributed by atoms with van der Waals surface area (Å²) in [6.07, 6.45) is 0. The summed E-state index contributed by atoms with van der Waals surface area (Å²) in [4.78, 5) is 0. The molecule has 0 aliphatic heterocycles. The molecular weight excluding hydrogens is 320 g/mol. The van der Waals surface area contributed by atoms with E-state index in [2.05, 4.69) is 77.9 Å². The molecule has 0 saturated heterocycles. The zero-order valence-electron chi connectivity index (χ0n) is 17.7. The highest BCUT2D eigenvalue weighted by Crippen LogP contribution is 2.45. The van der Waals surface area contributed by atoms with Crippen LogP contribution in [0.15, 0.2) is 36.4 Å². The van der Waals surface area contributed by atoms with E-state index in [0.717, 1.165) is 22.6 Å². The molecule has 26 heavy (non-hydrogen) atoms. The van der Waals surface area contributed by atoms with Crippen LogP contribution in [0.2, 0.25) is 0 Å². The Bertz CT molecular complexity index is 680. The second-order valence-electron chi connectivity index (χ2n) is 8.73. The van der Waals surface area contributed by atoms with Gasteiger partial charge in [-0.15, -0.1) is 0 Å². The first-order valence-corrected chi connectivity index (χ1v) is 9.64. The Kier molecular flexibility index (Phi) is 6.05. The smallest absolute Gasteiger partial charge is 0.130 e. The van der Waals surface area contributed by atoms with Gasteiger partial charge in [0.15, 0.2) is 0 Å². The fourth-order valence-electron chi connectivity index (χ4n) is 3.28. The summed E-state index contributed by atoms with van der Waals surface area (Å²) in [6, 6.07) is 12.9. The summed E-state index contributed by atoms with van der Waals surface area (Å²) in [5.74, 6) is 1.93. The molecule has 0 fully saturated rings. The van der Waals surface area contributed by atoms with Gasteiger partial charge in [-0.2, -0.15) is 0 Å². The minimum absolute atomic E-state index is 0.00786. The van der Waals surface area contributed by atoms with Crippen LogP contribution in [0.4, 0.5) is 0 Å². The second kappa shape index (κ2) is 7.73. The summed E-state index contributed by atoms with van der Waals surface area (Å²) in [7, 11) is 0. The number of benzene rings is 2. The van der Waals surface area contributed by atoms with Crippen molar-refractivity contribution in [2.24, 2.45) is 0 Å². The van der Waals surface area contributed by atoms with Gasteiger partial charge in [-0.3, -0.25) is 0 Å². The van der Waals surface area contributed by atoms with E-state index in [-0.39, 0.29) is 10.8 Å². The van der Waals surface area contributed by atoms with Gasteiger partial charge in [-0.25, -0.2) is 0 Å². The molecule has 0 radical (unpaired) electrons. The molecule has 142 valence electrons. The quantitative estimate of drug-likeness (QED) is 0.591. The van der Waals surface area contributed by atoms with E-state index >= 15 is 0 Å². The fourth-order valence-corrected chi connectivity index (χ4v) is 3.28. The molecule has 0 heterocycles. The maximum atomic E-state index is 6.15. The number of hydrogen-bond donors (Lipinski definition) is 0. The molecule has 0 aliphatic carbocycles. The van der Waals surface area contributed by atoms with Gasteiger partial charge in [0.2, 0.25) is 0 Å². The van der Waals surface area contributed by atoms with Crippen LogP contribution in [0.3, 0.4) is 0 Å². The maximum Gasteiger partial charge on any atom is 0.130 e. The average Bonchev–Trinajstić information content (AvgIpc) is 2.54. The van der Waals surface area contributed by atoms with Crippen molar-refractivity contribution in [2.75, 3.05) is 13.2 Å². The summed E-state index contributed by atoms with van der Waals surface area (Å²) in [6.45, 7) is 18.7. The summed E-state index contributed by atoms with van der Waals surface area (Å²) >= 11 is 0. The van der Waals surface area contributed by atoms with Crippen LogP contribution in [0.1, 0.15) is 66.5 Å². The summed E-state index contributed by atoms with van der Waals surface area (Å²) in [5, 5.41) is 0. The van der Waals surface area contributed by atoms with Gasteiger partial charge in [0.25, 0.3) is 0 Å². The predicted octanol–water partition coefficient (Wildman–Crippen LogP) is 6.75. The van der Waals surface area contributed by atoms with E-state index in [9.17, 15) is 0 Å².